The average Bonchev–Trinajstić information content (AvgIpc) is 3.18. The highest BCUT2D eigenvalue weighted by atomic mass is 16.6. The molecule has 8 heteroatoms. The number of benzene rings is 2. The van der Waals surface area contributed by atoms with Gasteiger partial charge in [-0.1, -0.05) is 20.8 Å². The fraction of sp³-hybridized carbons (Fsp3) is 0.385. The normalized spacial score (nSPS) is 11.4. The Morgan fingerprint density at radius 2 is 1.68 bits per heavy atom. The molecule has 1 heterocycles. The van der Waals surface area contributed by atoms with Crippen LogP contribution in [-0.4, -0.2) is 37.4 Å². The molecule has 0 aliphatic heterocycles. The number of furan rings is 1. The summed E-state index contributed by atoms with van der Waals surface area (Å²) in [5.74, 6) is 0.620. The van der Waals surface area contributed by atoms with Gasteiger partial charge in [0.05, 0.1) is 7.11 Å². The zero-order valence-corrected chi connectivity index (χ0v) is 20.7. The molecular weight excluding hydrogens is 436 g/mol. The van der Waals surface area contributed by atoms with Crippen LogP contribution in [0.5, 0.6) is 11.5 Å². The molecule has 0 spiro atoms. The molecule has 0 bridgehead atoms. The molecule has 2 aromatic carbocycles. The summed E-state index contributed by atoms with van der Waals surface area (Å²) in [4.78, 5) is 23.9. The molecule has 182 valence electrons. The molecule has 34 heavy (non-hydrogen) atoms. The number of phenolic OH excluding ortho intramolecular Hbond substituents is 1. The fourth-order valence-corrected chi connectivity index (χ4v) is 3.52. The van der Waals surface area contributed by atoms with Crippen LogP contribution in [0.2, 0.25) is 0 Å². The van der Waals surface area contributed by atoms with Gasteiger partial charge >= 0.3 is 6.09 Å². The van der Waals surface area contributed by atoms with Crippen molar-refractivity contribution in [3.63, 3.8) is 0 Å². The molecule has 0 aliphatic carbocycles. The fourth-order valence-electron chi connectivity index (χ4n) is 3.52. The Balaban J connectivity index is 1.74. The lowest BCUT2D eigenvalue weighted by molar-refractivity contribution is -0.118. The van der Waals surface area contributed by atoms with Crippen molar-refractivity contribution in [3.8, 4) is 22.8 Å². The number of methoxy groups -OCH3 is 1. The highest BCUT2D eigenvalue weighted by molar-refractivity contribution is 5.99. The van der Waals surface area contributed by atoms with Crippen molar-refractivity contribution in [2.24, 2.45) is 5.41 Å². The molecule has 0 unspecified atom stereocenters. The highest BCUT2D eigenvalue weighted by Crippen LogP contribution is 2.47. The van der Waals surface area contributed by atoms with Crippen LogP contribution in [-0.2, 0) is 9.53 Å². The average molecular weight is 469 g/mol. The van der Waals surface area contributed by atoms with E-state index in [-0.39, 0.29) is 11.2 Å². The van der Waals surface area contributed by atoms with Gasteiger partial charge in [0.25, 0.3) is 5.91 Å². The van der Waals surface area contributed by atoms with E-state index >= 15 is 0 Å². The molecule has 0 radical (unpaired) electrons. The number of fused-ring (bicyclic) bond motifs is 1. The Bertz CT molecular complexity index is 1220. The van der Waals surface area contributed by atoms with Gasteiger partial charge in [-0.05, 0) is 67.1 Å². The number of rotatable bonds is 6. The van der Waals surface area contributed by atoms with E-state index in [1.807, 2.05) is 41.5 Å². The number of hydrogen-bond donors (Lipinski definition) is 3. The minimum atomic E-state index is -0.638. The van der Waals surface area contributed by atoms with E-state index in [1.165, 1.54) is 7.11 Å². The summed E-state index contributed by atoms with van der Waals surface area (Å²) in [6, 6.07) is 6.98. The summed E-state index contributed by atoms with van der Waals surface area (Å²) >= 11 is 0. The van der Waals surface area contributed by atoms with Gasteiger partial charge in [-0.2, -0.15) is 0 Å². The molecule has 0 saturated carbocycles. The number of amides is 2. The lowest BCUT2D eigenvalue weighted by Crippen LogP contribution is -2.34. The number of aromatic hydroxyl groups is 1. The maximum atomic E-state index is 12.1. The lowest BCUT2D eigenvalue weighted by Gasteiger charge is -2.18. The number of hydrogen-bond acceptors (Lipinski definition) is 6. The first-order valence-electron chi connectivity index (χ1n) is 11.0. The van der Waals surface area contributed by atoms with E-state index < -0.39 is 18.6 Å². The third kappa shape index (κ3) is 5.27. The van der Waals surface area contributed by atoms with Crippen LogP contribution in [0, 0.1) is 26.2 Å². The number of carbonyl (C=O) groups excluding carboxylic acids is 2. The van der Waals surface area contributed by atoms with Gasteiger partial charge in [-0.3, -0.25) is 4.79 Å². The zero-order valence-electron chi connectivity index (χ0n) is 20.7. The SMILES string of the molecule is COc1c(-c2ccc(NC(=O)COC(=O)NCC(C)(C)C)cc2)oc2c(C)c(C)c(C)c(O)c12. The molecule has 3 rings (SSSR count). The van der Waals surface area contributed by atoms with Crippen LogP contribution in [0.3, 0.4) is 0 Å². The molecule has 0 atom stereocenters. The van der Waals surface area contributed by atoms with Gasteiger partial charge in [-0.15, -0.1) is 0 Å². The number of alkyl carbamates (subject to hydrolysis) is 1. The van der Waals surface area contributed by atoms with E-state index in [0.717, 1.165) is 22.3 Å². The summed E-state index contributed by atoms with van der Waals surface area (Å²) in [6.07, 6.45) is -0.638. The summed E-state index contributed by atoms with van der Waals surface area (Å²) < 4.78 is 16.7. The quantitative estimate of drug-likeness (QED) is 0.444. The maximum absolute atomic E-state index is 12.1. The molecule has 0 fully saturated rings. The predicted octanol–water partition coefficient (Wildman–Crippen LogP) is 5.45. The number of ether oxygens (including phenoxy) is 2. The molecule has 8 nitrogen and oxygen atoms in total. The second-order valence-corrected chi connectivity index (χ2v) is 9.51. The second-order valence-electron chi connectivity index (χ2n) is 9.51. The maximum Gasteiger partial charge on any atom is 0.407 e. The van der Waals surface area contributed by atoms with Crippen LogP contribution in [0.15, 0.2) is 28.7 Å². The van der Waals surface area contributed by atoms with E-state index in [4.69, 9.17) is 13.9 Å². The van der Waals surface area contributed by atoms with Crippen molar-refractivity contribution in [3.05, 3.63) is 41.0 Å². The molecule has 2 amide bonds. The number of aryl methyl sites for hydroxylation is 1. The molecular formula is C26H32N2O6. The first-order valence-corrected chi connectivity index (χ1v) is 11.0. The lowest BCUT2D eigenvalue weighted by atomic mass is 9.97. The Hall–Kier alpha value is -3.68. The minimum absolute atomic E-state index is 0.0827. The first-order chi connectivity index (χ1) is 15.9. The molecule has 0 aliphatic rings. The summed E-state index contributed by atoms with van der Waals surface area (Å²) in [5.41, 5.74) is 4.42. The third-order valence-corrected chi connectivity index (χ3v) is 5.65. The van der Waals surface area contributed by atoms with E-state index in [1.54, 1.807) is 24.3 Å². The van der Waals surface area contributed by atoms with Crippen molar-refractivity contribution in [1.82, 2.24) is 5.32 Å². The van der Waals surface area contributed by atoms with Crippen LogP contribution >= 0.6 is 0 Å². The summed E-state index contributed by atoms with van der Waals surface area (Å²) in [5, 5.41) is 16.6. The number of carbonyl (C=O) groups is 2. The first kappa shape index (κ1) is 25.0. The van der Waals surface area contributed by atoms with Crippen LogP contribution in [0.25, 0.3) is 22.3 Å². The largest absolute Gasteiger partial charge is 0.507 e. The van der Waals surface area contributed by atoms with Crippen molar-refractivity contribution in [2.75, 3.05) is 25.6 Å². The van der Waals surface area contributed by atoms with E-state index in [0.29, 0.717) is 34.7 Å². The van der Waals surface area contributed by atoms with Gasteiger partial charge in [0, 0.05) is 17.8 Å². The zero-order chi connectivity index (χ0) is 25.2. The molecule has 3 N–H and O–H groups in total. The van der Waals surface area contributed by atoms with E-state index in [2.05, 4.69) is 10.6 Å². The van der Waals surface area contributed by atoms with Crippen LogP contribution < -0.4 is 15.4 Å². The van der Waals surface area contributed by atoms with Crippen LogP contribution in [0.1, 0.15) is 37.5 Å². The van der Waals surface area contributed by atoms with Crippen LogP contribution in [0.4, 0.5) is 10.5 Å². The Morgan fingerprint density at radius 1 is 1.03 bits per heavy atom. The number of phenols is 1. The Kier molecular flexibility index (Phi) is 7.09. The minimum Gasteiger partial charge on any atom is -0.507 e. The second kappa shape index (κ2) is 9.67. The Labute approximate surface area is 199 Å². The van der Waals surface area contributed by atoms with Gasteiger partial charge < -0.3 is 29.6 Å². The van der Waals surface area contributed by atoms with E-state index in [9.17, 15) is 14.7 Å². The molecule has 1 aromatic heterocycles. The Morgan fingerprint density at radius 3 is 2.26 bits per heavy atom. The standard InChI is InChI=1S/C26H32N2O6/c1-14-15(2)21(30)20-22(16(14)3)34-23(24(20)32-7)17-8-10-18(11-9-17)28-19(29)12-33-25(31)27-13-26(4,5)6/h8-11,30H,12-13H2,1-7H3,(H,27,31)(H,28,29). The van der Waals surface area contributed by atoms with Crippen molar-refractivity contribution >= 4 is 28.7 Å². The van der Waals surface area contributed by atoms with Gasteiger partial charge in [0.15, 0.2) is 18.1 Å². The number of anilines is 1. The summed E-state index contributed by atoms with van der Waals surface area (Å²) in [7, 11) is 1.53. The summed E-state index contributed by atoms with van der Waals surface area (Å²) in [6.45, 7) is 11.7. The van der Waals surface area contributed by atoms with Crippen molar-refractivity contribution in [1.29, 1.82) is 0 Å². The molecule has 3 aromatic rings. The highest BCUT2D eigenvalue weighted by Gasteiger charge is 2.24. The molecule has 0 saturated heterocycles. The van der Waals surface area contributed by atoms with Crippen molar-refractivity contribution < 1.29 is 28.6 Å². The van der Waals surface area contributed by atoms with Gasteiger partial charge in [-0.25, -0.2) is 4.79 Å². The predicted molar refractivity (Wildman–Crippen MR) is 132 cm³/mol. The topological polar surface area (TPSA) is 110 Å². The van der Waals surface area contributed by atoms with Gasteiger partial charge in [0.2, 0.25) is 0 Å². The van der Waals surface area contributed by atoms with Crippen molar-refractivity contribution in [2.45, 2.75) is 41.5 Å². The monoisotopic (exact) mass is 468 g/mol. The van der Waals surface area contributed by atoms with Gasteiger partial charge in [0.1, 0.15) is 16.7 Å². The third-order valence-electron chi connectivity index (χ3n) is 5.65. The smallest absolute Gasteiger partial charge is 0.407 e. The number of nitrogens with one attached hydrogen (secondary N) is 2.